The average molecular weight is 280 g/mol. The lowest BCUT2D eigenvalue weighted by Crippen LogP contribution is -2.05. The first-order valence-corrected chi connectivity index (χ1v) is 6.55. The second-order valence-electron chi connectivity index (χ2n) is 4.42. The van der Waals surface area contributed by atoms with Crippen LogP contribution in [0.2, 0.25) is 5.02 Å². The monoisotopic (exact) mass is 279 g/mol. The Labute approximate surface area is 118 Å². The number of hydrogen-bond donors (Lipinski definition) is 1. The van der Waals surface area contributed by atoms with Crippen LogP contribution in [0.3, 0.4) is 0 Å². The molecule has 4 nitrogen and oxygen atoms in total. The molecule has 19 heavy (non-hydrogen) atoms. The van der Waals surface area contributed by atoms with Crippen LogP contribution in [0.15, 0.2) is 18.2 Å². The molecule has 0 radical (unpaired) electrons. The Morgan fingerprint density at radius 1 is 1.37 bits per heavy atom. The minimum atomic E-state index is 0.611. The lowest BCUT2D eigenvalue weighted by atomic mass is 10.1. The molecule has 102 valence electrons. The summed E-state index contributed by atoms with van der Waals surface area (Å²) in [7, 11) is 1.64. The van der Waals surface area contributed by atoms with Gasteiger partial charge in [-0.3, -0.25) is 0 Å². The Balaban J connectivity index is 2.59. The van der Waals surface area contributed by atoms with Gasteiger partial charge in [0.1, 0.15) is 11.4 Å². The van der Waals surface area contributed by atoms with Crippen LogP contribution < -0.4 is 10.5 Å². The van der Waals surface area contributed by atoms with E-state index >= 15 is 0 Å². The van der Waals surface area contributed by atoms with E-state index in [-0.39, 0.29) is 0 Å². The average Bonchev–Trinajstić information content (AvgIpc) is 2.67. The predicted molar refractivity (Wildman–Crippen MR) is 77.4 cm³/mol. The molecule has 0 aliphatic rings. The lowest BCUT2D eigenvalue weighted by molar-refractivity contribution is 0.411. The molecular formula is C14H18ClN3O. The van der Waals surface area contributed by atoms with Crippen LogP contribution in [0.4, 0.5) is 0 Å². The first kappa shape index (κ1) is 13.9. The van der Waals surface area contributed by atoms with E-state index in [9.17, 15) is 0 Å². The fourth-order valence-corrected chi connectivity index (χ4v) is 2.41. The van der Waals surface area contributed by atoms with E-state index in [0.717, 1.165) is 29.2 Å². The van der Waals surface area contributed by atoms with Crippen LogP contribution in [0.25, 0.3) is 5.69 Å². The summed E-state index contributed by atoms with van der Waals surface area (Å²) in [5, 5.41) is 5.23. The normalized spacial score (nSPS) is 10.8. The van der Waals surface area contributed by atoms with Gasteiger partial charge in [-0.1, -0.05) is 11.6 Å². The maximum Gasteiger partial charge on any atom is 0.144 e. The number of benzene rings is 1. The van der Waals surface area contributed by atoms with E-state index in [1.165, 1.54) is 5.56 Å². The molecule has 0 bridgehead atoms. The van der Waals surface area contributed by atoms with Gasteiger partial charge >= 0.3 is 0 Å². The van der Waals surface area contributed by atoms with E-state index < -0.39 is 0 Å². The van der Waals surface area contributed by atoms with Crippen LogP contribution >= 0.6 is 11.6 Å². The molecule has 1 aromatic heterocycles. The topological polar surface area (TPSA) is 53.1 Å². The molecule has 0 fully saturated rings. The summed E-state index contributed by atoms with van der Waals surface area (Å²) in [6.07, 6.45) is 0.820. The zero-order valence-corrected chi connectivity index (χ0v) is 12.2. The highest BCUT2D eigenvalue weighted by molar-refractivity contribution is 6.30. The van der Waals surface area contributed by atoms with Gasteiger partial charge in [-0.05, 0) is 50.6 Å². The summed E-state index contributed by atoms with van der Waals surface area (Å²) in [6.45, 7) is 4.64. The van der Waals surface area contributed by atoms with Crippen LogP contribution in [-0.4, -0.2) is 23.4 Å². The fraction of sp³-hybridized carbons (Fsp3) is 0.357. The predicted octanol–water partition coefficient (Wildman–Crippen LogP) is 2.65. The summed E-state index contributed by atoms with van der Waals surface area (Å²) in [5.74, 6) is 0.745. The number of aromatic nitrogens is 2. The zero-order chi connectivity index (χ0) is 14.0. The molecular weight excluding hydrogens is 262 g/mol. The van der Waals surface area contributed by atoms with E-state index in [4.69, 9.17) is 22.1 Å². The van der Waals surface area contributed by atoms with E-state index in [2.05, 4.69) is 5.10 Å². The van der Waals surface area contributed by atoms with Crippen LogP contribution in [0.1, 0.15) is 17.0 Å². The van der Waals surface area contributed by atoms with Gasteiger partial charge < -0.3 is 10.5 Å². The van der Waals surface area contributed by atoms with Crippen molar-refractivity contribution in [3.05, 3.63) is 40.2 Å². The molecule has 0 aliphatic heterocycles. The summed E-state index contributed by atoms with van der Waals surface area (Å²) in [6, 6.07) is 5.50. The molecule has 0 amide bonds. The van der Waals surface area contributed by atoms with Crippen LogP contribution in [0, 0.1) is 13.8 Å². The van der Waals surface area contributed by atoms with Crippen molar-refractivity contribution in [3.8, 4) is 11.4 Å². The number of ether oxygens (including phenoxy) is 1. The molecule has 2 aromatic rings. The van der Waals surface area contributed by atoms with Crippen molar-refractivity contribution >= 4 is 11.6 Å². The van der Waals surface area contributed by atoms with Crippen LogP contribution in [0.5, 0.6) is 5.75 Å². The van der Waals surface area contributed by atoms with Gasteiger partial charge in [0.25, 0.3) is 0 Å². The first-order chi connectivity index (χ1) is 9.08. The highest BCUT2D eigenvalue weighted by atomic mass is 35.5. The second kappa shape index (κ2) is 5.63. The van der Waals surface area contributed by atoms with Gasteiger partial charge in [0.15, 0.2) is 0 Å². The maximum absolute atomic E-state index is 6.07. The molecule has 0 unspecified atom stereocenters. The Hall–Kier alpha value is -1.52. The van der Waals surface area contributed by atoms with E-state index in [1.54, 1.807) is 13.2 Å². The number of hydrogen-bond acceptors (Lipinski definition) is 3. The van der Waals surface area contributed by atoms with Crippen molar-refractivity contribution < 1.29 is 4.74 Å². The number of rotatable bonds is 4. The van der Waals surface area contributed by atoms with Crippen molar-refractivity contribution in [2.24, 2.45) is 5.73 Å². The second-order valence-corrected chi connectivity index (χ2v) is 4.85. The Morgan fingerprint density at radius 3 is 2.74 bits per heavy atom. The molecule has 1 heterocycles. The molecule has 0 aliphatic carbocycles. The lowest BCUT2D eigenvalue weighted by Gasteiger charge is -2.11. The summed E-state index contributed by atoms with van der Waals surface area (Å²) >= 11 is 6.07. The summed E-state index contributed by atoms with van der Waals surface area (Å²) < 4.78 is 7.24. The first-order valence-electron chi connectivity index (χ1n) is 6.17. The smallest absolute Gasteiger partial charge is 0.144 e. The molecule has 1 aromatic carbocycles. The third kappa shape index (κ3) is 2.60. The third-order valence-corrected chi connectivity index (χ3v) is 3.44. The zero-order valence-electron chi connectivity index (χ0n) is 11.4. The Kier molecular flexibility index (Phi) is 4.12. The standard InChI is InChI=1S/C14H18ClN3O/c1-9-12(6-7-16)10(2)18(17-9)13-8-11(15)4-5-14(13)19-3/h4-5,8H,6-7,16H2,1-3H3. The number of nitrogens with zero attached hydrogens (tertiary/aromatic N) is 2. The Bertz CT molecular complexity index is 593. The Morgan fingerprint density at radius 2 is 2.11 bits per heavy atom. The van der Waals surface area contributed by atoms with E-state index in [1.807, 2.05) is 30.7 Å². The third-order valence-electron chi connectivity index (χ3n) is 3.20. The van der Waals surface area contributed by atoms with Gasteiger partial charge in [-0.15, -0.1) is 0 Å². The minimum absolute atomic E-state index is 0.611. The number of aryl methyl sites for hydroxylation is 1. The fourth-order valence-electron chi connectivity index (χ4n) is 2.24. The van der Waals surface area contributed by atoms with E-state index in [0.29, 0.717) is 11.6 Å². The van der Waals surface area contributed by atoms with Gasteiger partial charge in [-0.2, -0.15) is 5.10 Å². The van der Waals surface area contributed by atoms with Gasteiger partial charge in [0.2, 0.25) is 0 Å². The SMILES string of the molecule is COc1ccc(Cl)cc1-n1nc(C)c(CCN)c1C. The quantitative estimate of drug-likeness (QED) is 0.936. The van der Waals surface area contributed by atoms with Crippen molar-refractivity contribution in [1.29, 1.82) is 0 Å². The van der Waals surface area contributed by atoms with Gasteiger partial charge in [0, 0.05) is 10.7 Å². The summed E-state index contributed by atoms with van der Waals surface area (Å²) in [4.78, 5) is 0. The molecule has 0 atom stereocenters. The highest BCUT2D eigenvalue weighted by Gasteiger charge is 2.15. The van der Waals surface area contributed by atoms with Crippen molar-refractivity contribution in [2.75, 3.05) is 13.7 Å². The molecule has 5 heteroatoms. The van der Waals surface area contributed by atoms with Crippen molar-refractivity contribution in [2.45, 2.75) is 20.3 Å². The number of nitrogens with two attached hydrogens (primary N) is 1. The molecule has 2 N–H and O–H groups in total. The molecule has 0 saturated carbocycles. The van der Waals surface area contributed by atoms with Gasteiger partial charge in [-0.25, -0.2) is 4.68 Å². The van der Waals surface area contributed by atoms with Crippen molar-refractivity contribution in [1.82, 2.24) is 9.78 Å². The van der Waals surface area contributed by atoms with Gasteiger partial charge in [0.05, 0.1) is 12.8 Å². The highest BCUT2D eigenvalue weighted by Crippen LogP contribution is 2.28. The maximum atomic E-state index is 6.07. The van der Waals surface area contributed by atoms with Crippen molar-refractivity contribution in [3.63, 3.8) is 0 Å². The number of halogens is 1. The number of methoxy groups -OCH3 is 1. The molecule has 2 rings (SSSR count). The minimum Gasteiger partial charge on any atom is -0.494 e. The van der Waals surface area contributed by atoms with Crippen LogP contribution in [-0.2, 0) is 6.42 Å². The molecule has 0 saturated heterocycles. The summed E-state index contributed by atoms with van der Waals surface area (Å²) in [5.41, 5.74) is 9.74. The largest absolute Gasteiger partial charge is 0.494 e. The molecule has 0 spiro atoms.